The Bertz CT molecular complexity index is 786. The summed E-state index contributed by atoms with van der Waals surface area (Å²) >= 11 is 0. The number of hydrogen-bond donors (Lipinski definition) is 0. The summed E-state index contributed by atoms with van der Waals surface area (Å²) < 4.78 is 11.2. The molecule has 0 N–H and O–H groups in total. The van der Waals surface area contributed by atoms with Gasteiger partial charge in [0, 0.05) is 31.0 Å². The highest BCUT2D eigenvalue weighted by Gasteiger charge is 2.20. The molecule has 0 atom stereocenters. The van der Waals surface area contributed by atoms with Crippen molar-refractivity contribution in [1.29, 1.82) is 0 Å². The fourth-order valence-corrected chi connectivity index (χ4v) is 2.76. The topological polar surface area (TPSA) is 46.6 Å². The van der Waals surface area contributed by atoms with Crippen LogP contribution in [0.1, 0.15) is 41.6 Å². The first-order valence-electron chi connectivity index (χ1n) is 7.99. The molecule has 2 heterocycles. The van der Waals surface area contributed by atoms with E-state index < -0.39 is 0 Å². The Labute approximate surface area is 135 Å². The van der Waals surface area contributed by atoms with Crippen LogP contribution < -0.4 is 0 Å². The van der Waals surface area contributed by atoms with E-state index in [1.807, 2.05) is 18.2 Å². The second-order valence-corrected chi connectivity index (χ2v) is 5.74. The summed E-state index contributed by atoms with van der Waals surface area (Å²) in [5, 5.41) is 1.08. The zero-order valence-electron chi connectivity index (χ0n) is 13.5. The zero-order valence-corrected chi connectivity index (χ0v) is 13.5. The first-order valence-corrected chi connectivity index (χ1v) is 7.99. The Morgan fingerprint density at radius 2 is 2.00 bits per heavy atom. The van der Waals surface area contributed by atoms with Crippen molar-refractivity contribution >= 4 is 16.9 Å². The number of aryl methyl sites for hydroxylation is 1. The quantitative estimate of drug-likeness (QED) is 0.666. The van der Waals surface area contributed by atoms with Gasteiger partial charge in [-0.05, 0) is 24.6 Å². The Kier molecular flexibility index (Phi) is 4.51. The second kappa shape index (κ2) is 6.73. The van der Waals surface area contributed by atoms with Crippen LogP contribution in [0.15, 0.2) is 51.5 Å². The monoisotopic (exact) mass is 311 g/mol. The summed E-state index contributed by atoms with van der Waals surface area (Å²) in [5.74, 6) is 1.21. The molecule has 23 heavy (non-hydrogen) atoms. The summed E-state index contributed by atoms with van der Waals surface area (Å²) in [7, 11) is 1.79. The summed E-state index contributed by atoms with van der Waals surface area (Å²) in [5.41, 5.74) is 1.98. The van der Waals surface area contributed by atoms with E-state index in [0.717, 1.165) is 41.6 Å². The molecule has 1 aromatic carbocycles. The molecule has 0 aliphatic heterocycles. The highest BCUT2D eigenvalue weighted by Crippen LogP contribution is 2.28. The van der Waals surface area contributed by atoms with Gasteiger partial charge < -0.3 is 13.7 Å². The number of para-hydroxylation sites is 1. The lowest BCUT2D eigenvalue weighted by Gasteiger charge is -2.16. The van der Waals surface area contributed by atoms with Crippen LogP contribution in [0, 0.1) is 0 Å². The van der Waals surface area contributed by atoms with Crippen molar-refractivity contribution in [1.82, 2.24) is 4.90 Å². The average molecular weight is 311 g/mol. The van der Waals surface area contributed by atoms with Crippen molar-refractivity contribution in [3.63, 3.8) is 0 Å². The van der Waals surface area contributed by atoms with Crippen LogP contribution in [0.5, 0.6) is 0 Å². The molecule has 3 aromatic rings. The highest BCUT2D eigenvalue weighted by atomic mass is 16.3. The van der Waals surface area contributed by atoms with E-state index in [1.54, 1.807) is 24.1 Å². The minimum atomic E-state index is -0.123. The summed E-state index contributed by atoms with van der Waals surface area (Å²) in [4.78, 5) is 14.1. The lowest BCUT2D eigenvalue weighted by Crippen LogP contribution is -2.26. The van der Waals surface area contributed by atoms with Gasteiger partial charge in [0.2, 0.25) is 0 Å². The maximum absolute atomic E-state index is 12.4. The second-order valence-electron chi connectivity index (χ2n) is 5.74. The lowest BCUT2D eigenvalue weighted by atomic mass is 10.1. The first kappa shape index (κ1) is 15.4. The minimum absolute atomic E-state index is 0.123. The fourth-order valence-electron chi connectivity index (χ4n) is 2.76. The number of unbranched alkanes of at least 4 members (excludes halogenated alkanes) is 1. The SMILES string of the molecule is CCCCc1oc2ccccc2c1CN(C)C(=O)c1ccco1. The Balaban J connectivity index is 1.89. The van der Waals surface area contributed by atoms with Crippen LogP contribution in [0.2, 0.25) is 0 Å². The van der Waals surface area contributed by atoms with E-state index in [0.29, 0.717) is 12.3 Å². The van der Waals surface area contributed by atoms with Gasteiger partial charge in [0.05, 0.1) is 6.26 Å². The molecule has 0 aliphatic carbocycles. The molecule has 3 rings (SSSR count). The molecule has 0 saturated carbocycles. The molecular formula is C19H21NO3. The maximum atomic E-state index is 12.4. The largest absolute Gasteiger partial charge is 0.461 e. The molecular weight excluding hydrogens is 290 g/mol. The third-order valence-electron chi connectivity index (χ3n) is 4.01. The Morgan fingerprint density at radius 3 is 2.74 bits per heavy atom. The van der Waals surface area contributed by atoms with Gasteiger partial charge in [-0.2, -0.15) is 0 Å². The van der Waals surface area contributed by atoms with E-state index in [4.69, 9.17) is 8.83 Å². The third kappa shape index (κ3) is 3.16. The predicted octanol–water partition coefficient (Wildman–Crippen LogP) is 4.64. The number of carbonyl (C=O) groups excluding carboxylic acids is 1. The third-order valence-corrected chi connectivity index (χ3v) is 4.01. The van der Waals surface area contributed by atoms with Crippen LogP contribution in [0.25, 0.3) is 11.0 Å². The minimum Gasteiger partial charge on any atom is -0.461 e. The van der Waals surface area contributed by atoms with Crippen molar-refractivity contribution < 1.29 is 13.6 Å². The van der Waals surface area contributed by atoms with E-state index in [9.17, 15) is 4.79 Å². The van der Waals surface area contributed by atoms with Gasteiger partial charge in [0.15, 0.2) is 5.76 Å². The molecule has 0 radical (unpaired) electrons. The molecule has 0 unspecified atom stereocenters. The van der Waals surface area contributed by atoms with E-state index in [-0.39, 0.29) is 5.91 Å². The molecule has 0 aliphatic rings. The summed E-state index contributed by atoms with van der Waals surface area (Å²) in [6.07, 6.45) is 4.59. The number of fused-ring (bicyclic) bond motifs is 1. The van der Waals surface area contributed by atoms with Gasteiger partial charge in [0.1, 0.15) is 11.3 Å². The first-order chi connectivity index (χ1) is 11.2. The molecule has 0 fully saturated rings. The predicted molar refractivity (Wildman–Crippen MR) is 89.3 cm³/mol. The van der Waals surface area contributed by atoms with Crippen LogP contribution >= 0.6 is 0 Å². The smallest absolute Gasteiger partial charge is 0.289 e. The van der Waals surface area contributed by atoms with Gasteiger partial charge in [-0.25, -0.2) is 0 Å². The summed E-state index contributed by atoms with van der Waals surface area (Å²) in [6, 6.07) is 11.4. The normalized spacial score (nSPS) is 11.0. The van der Waals surface area contributed by atoms with Crippen molar-refractivity contribution in [2.24, 2.45) is 0 Å². The van der Waals surface area contributed by atoms with Gasteiger partial charge in [0.25, 0.3) is 5.91 Å². The van der Waals surface area contributed by atoms with Crippen molar-refractivity contribution in [2.75, 3.05) is 7.05 Å². The molecule has 1 amide bonds. The molecule has 4 nitrogen and oxygen atoms in total. The number of hydrogen-bond acceptors (Lipinski definition) is 3. The molecule has 0 bridgehead atoms. The zero-order chi connectivity index (χ0) is 16.2. The average Bonchev–Trinajstić information content (AvgIpc) is 3.21. The molecule has 2 aromatic heterocycles. The van der Waals surface area contributed by atoms with Crippen molar-refractivity contribution in [3.05, 3.63) is 59.7 Å². The lowest BCUT2D eigenvalue weighted by molar-refractivity contribution is 0.0753. The molecule has 120 valence electrons. The number of amides is 1. The molecule has 4 heteroatoms. The number of rotatable bonds is 6. The van der Waals surface area contributed by atoms with E-state index >= 15 is 0 Å². The number of benzene rings is 1. The Morgan fingerprint density at radius 1 is 1.17 bits per heavy atom. The van der Waals surface area contributed by atoms with Crippen LogP contribution in [0.4, 0.5) is 0 Å². The number of nitrogens with zero attached hydrogens (tertiary/aromatic N) is 1. The maximum Gasteiger partial charge on any atom is 0.289 e. The van der Waals surface area contributed by atoms with Crippen LogP contribution in [-0.4, -0.2) is 17.9 Å². The molecule has 0 saturated heterocycles. The fraction of sp³-hybridized carbons (Fsp3) is 0.316. The van der Waals surface area contributed by atoms with E-state index in [1.165, 1.54) is 6.26 Å². The van der Waals surface area contributed by atoms with Gasteiger partial charge in [-0.1, -0.05) is 31.5 Å². The van der Waals surface area contributed by atoms with Gasteiger partial charge in [-0.3, -0.25) is 4.79 Å². The van der Waals surface area contributed by atoms with Crippen molar-refractivity contribution in [2.45, 2.75) is 32.7 Å². The van der Waals surface area contributed by atoms with Crippen molar-refractivity contribution in [3.8, 4) is 0 Å². The van der Waals surface area contributed by atoms with Crippen LogP contribution in [-0.2, 0) is 13.0 Å². The van der Waals surface area contributed by atoms with E-state index in [2.05, 4.69) is 13.0 Å². The highest BCUT2D eigenvalue weighted by molar-refractivity contribution is 5.91. The molecule has 0 spiro atoms. The number of furan rings is 2. The standard InChI is InChI=1S/C19H21NO3/c1-3-4-9-17-15(14-8-5-6-10-16(14)23-17)13-20(2)19(21)18-11-7-12-22-18/h5-8,10-12H,3-4,9,13H2,1-2H3. The van der Waals surface area contributed by atoms with Gasteiger partial charge in [-0.15, -0.1) is 0 Å². The van der Waals surface area contributed by atoms with Gasteiger partial charge >= 0.3 is 0 Å². The Hall–Kier alpha value is -2.49. The van der Waals surface area contributed by atoms with Crippen LogP contribution in [0.3, 0.4) is 0 Å². The summed E-state index contributed by atoms with van der Waals surface area (Å²) in [6.45, 7) is 2.67. The number of carbonyl (C=O) groups is 1.